The first kappa shape index (κ1) is 10.9. The van der Waals surface area contributed by atoms with Gasteiger partial charge in [-0.1, -0.05) is 25.5 Å². The smallest absolute Gasteiger partial charge is 0.338 e. The Labute approximate surface area is 95.9 Å². The summed E-state index contributed by atoms with van der Waals surface area (Å²) in [6.45, 7) is 6.35. The van der Waals surface area contributed by atoms with E-state index in [1.54, 1.807) is 0 Å². The van der Waals surface area contributed by atoms with Crippen LogP contribution in [0.3, 0.4) is 0 Å². The van der Waals surface area contributed by atoms with Gasteiger partial charge in [-0.2, -0.15) is 0 Å². The zero-order valence-corrected chi connectivity index (χ0v) is 9.58. The van der Waals surface area contributed by atoms with Crippen molar-refractivity contribution in [2.45, 2.75) is 32.8 Å². The molecule has 0 radical (unpaired) electrons. The lowest BCUT2D eigenvalue weighted by Gasteiger charge is -2.10. The third-order valence-electron chi connectivity index (χ3n) is 2.96. The summed E-state index contributed by atoms with van der Waals surface area (Å²) in [6, 6.07) is 3.90. The predicted octanol–water partition coefficient (Wildman–Crippen LogP) is 3.04. The number of rotatable bonds is 4. The number of carbonyl (C=O) groups is 1. The quantitative estimate of drug-likeness (QED) is 0.571. The van der Waals surface area contributed by atoms with Gasteiger partial charge in [0.2, 0.25) is 0 Å². The Hall–Kier alpha value is -1.57. The van der Waals surface area contributed by atoms with Crippen LogP contribution in [0.15, 0.2) is 24.8 Å². The summed E-state index contributed by atoms with van der Waals surface area (Å²) >= 11 is 0. The molecule has 16 heavy (non-hydrogen) atoms. The van der Waals surface area contributed by atoms with E-state index in [0.29, 0.717) is 6.61 Å². The fourth-order valence-corrected chi connectivity index (χ4v) is 2.22. The highest BCUT2D eigenvalue weighted by Crippen LogP contribution is 2.27. The van der Waals surface area contributed by atoms with Crippen molar-refractivity contribution in [1.82, 2.24) is 0 Å². The molecule has 0 aliphatic carbocycles. The maximum Gasteiger partial charge on any atom is 0.338 e. The number of hydrogen-bond acceptors (Lipinski definition) is 2. The highest BCUT2D eigenvalue weighted by molar-refractivity contribution is 5.94. The first-order valence-electron chi connectivity index (χ1n) is 5.69. The largest absolute Gasteiger partial charge is 0.457 e. The number of ether oxygens (including phenoxy) is 1. The van der Waals surface area contributed by atoms with Crippen LogP contribution in [0.5, 0.6) is 0 Å². The van der Waals surface area contributed by atoms with Crippen LogP contribution in [0, 0.1) is 0 Å². The van der Waals surface area contributed by atoms with Crippen LogP contribution in [0.2, 0.25) is 0 Å². The second-order valence-corrected chi connectivity index (χ2v) is 4.05. The Morgan fingerprint density at radius 3 is 3.00 bits per heavy atom. The van der Waals surface area contributed by atoms with Gasteiger partial charge in [-0.05, 0) is 30.0 Å². The molecule has 2 rings (SSSR count). The van der Waals surface area contributed by atoms with E-state index in [2.05, 4.69) is 13.5 Å². The second kappa shape index (κ2) is 4.52. The molecule has 0 atom stereocenters. The van der Waals surface area contributed by atoms with E-state index in [0.717, 1.165) is 30.4 Å². The average molecular weight is 216 g/mol. The number of hydrogen-bond donors (Lipinski definition) is 0. The van der Waals surface area contributed by atoms with Crippen molar-refractivity contribution < 1.29 is 9.53 Å². The Balaban J connectivity index is 2.50. The monoisotopic (exact) mass is 216 g/mol. The van der Waals surface area contributed by atoms with Crippen LogP contribution in [-0.4, -0.2) is 5.97 Å². The number of cyclic esters (lactones) is 1. The molecule has 1 aliphatic heterocycles. The van der Waals surface area contributed by atoms with Gasteiger partial charge >= 0.3 is 5.97 Å². The van der Waals surface area contributed by atoms with Crippen molar-refractivity contribution in [3.8, 4) is 0 Å². The maximum absolute atomic E-state index is 11.4. The number of esters is 1. The molecule has 0 unspecified atom stereocenters. The van der Waals surface area contributed by atoms with Crippen molar-refractivity contribution in [2.24, 2.45) is 0 Å². The van der Waals surface area contributed by atoms with Gasteiger partial charge in [0.05, 0.1) is 5.56 Å². The molecule has 1 aliphatic rings. The van der Waals surface area contributed by atoms with Gasteiger partial charge in [0.25, 0.3) is 0 Å². The highest BCUT2D eigenvalue weighted by atomic mass is 16.5. The van der Waals surface area contributed by atoms with Crippen molar-refractivity contribution in [3.63, 3.8) is 0 Å². The summed E-state index contributed by atoms with van der Waals surface area (Å²) in [5, 5.41) is 0. The van der Waals surface area contributed by atoms with Gasteiger partial charge < -0.3 is 4.74 Å². The van der Waals surface area contributed by atoms with Crippen LogP contribution in [0.1, 0.15) is 40.4 Å². The van der Waals surface area contributed by atoms with Crippen LogP contribution in [0.4, 0.5) is 0 Å². The summed E-state index contributed by atoms with van der Waals surface area (Å²) in [4.78, 5) is 11.4. The van der Waals surface area contributed by atoms with E-state index in [9.17, 15) is 4.79 Å². The Bertz CT molecular complexity index is 433. The fraction of sp³-hybridized carbons (Fsp3) is 0.357. The normalized spacial score (nSPS) is 13.4. The number of allylic oxidation sites excluding steroid dienone is 1. The lowest BCUT2D eigenvalue weighted by atomic mass is 9.93. The minimum absolute atomic E-state index is 0.183. The summed E-state index contributed by atoms with van der Waals surface area (Å²) in [5.41, 5.74) is 4.39. The SMILES string of the molecule is C=CCc1ccc2c(c1CCC)COC2=O. The summed E-state index contributed by atoms with van der Waals surface area (Å²) in [6.07, 6.45) is 4.84. The van der Waals surface area contributed by atoms with E-state index < -0.39 is 0 Å². The molecule has 0 spiro atoms. The number of benzene rings is 1. The molecule has 0 saturated carbocycles. The zero-order valence-electron chi connectivity index (χ0n) is 9.58. The Morgan fingerprint density at radius 2 is 2.31 bits per heavy atom. The Kier molecular flexibility index (Phi) is 3.09. The van der Waals surface area contributed by atoms with Gasteiger partial charge in [0.1, 0.15) is 6.61 Å². The standard InChI is InChI=1S/C14H16O2/c1-3-5-10-7-8-12-13(9-16-14(12)15)11(10)6-4-2/h3,7-8H,1,4-6,9H2,2H3. The molecule has 1 aromatic carbocycles. The Morgan fingerprint density at radius 1 is 1.50 bits per heavy atom. The van der Waals surface area contributed by atoms with Crippen LogP contribution >= 0.6 is 0 Å². The van der Waals surface area contributed by atoms with Crippen molar-refractivity contribution in [3.05, 3.63) is 47.0 Å². The van der Waals surface area contributed by atoms with Crippen LogP contribution in [0.25, 0.3) is 0 Å². The molecule has 0 amide bonds. The maximum atomic E-state index is 11.4. The minimum atomic E-state index is -0.183. The second-order valence-electron chi connectivity index (χ2n) is 4.05. The van der Waals surface area contributed by atoms with Gasteiger partial charge in [-0.15, -0.1) is 6.58 Å². The third-order valence-corrected chi connectivity index (χ3v) is 2.96. The van der Waals surface area contributed by atoms with Gasteiger partial charge in [-0.25, -0.2) is 4.79 Å². The number of carbonyl (C=O) groups excluding carboxylic acids is 1. The zero-order chi connectivity index (χ0) is 11.5. The fourth-order valence-electron chi connectivity index (χ4n) is 2.22. The summed E-state index contributed by atoms with van der Waals surface area (Å²) in [7, 11) is 0. The molecular weight excluding hydrogens is 200 g/mol. The average Bonchev–Trinajstić information content (AvgIpc) is 2.65. The van der Waals surface area contributed by atoms with Crippen LogP contribution in [-0.2, 0) is 24.2 Å². The topological polar surface area (TPSA) is 26.3 Å². The van der Waals surface area contributed by atoms with E-state index in [-0.39, 0.29) is 5.97 Å². The summed E-state index contributed by atoms with van der Waals surface area (Å²) < 4.78 is 5.08. The molecule has 84 valence electrons. The predicted molar refractivity (Wildman–Crippen MR) is 63.5 cm³/mol. The van der Waals surface area contributed by atoms with Crippen molar-refractivity contribution in [2.75, 3.05) is 0 Å². The van der Waals surface area contributed by atoms with Gasteiger partial charge in [0.15, 0.2) is 0 Å². The molecule has 0 N–H and O–H groups in total. The first-order chi connectivity index (χ1) is 7.77. The highest BCUT2D eigenvalue weighted by Gasteiger charge is 2.24. The minimum Gasteiger partial charge on any atom is -0.457 e. The van der Waals surface area contributed by atoms with Crippen LogP contribution < -0.4 is 0 Å². The molecule has 2 nitrogen and oxygen atoms in total. The van der Waals surface area contributed by atoms with E-state index in [1.165, 1.54) is 11.1 Å². The lowest BCUT2D eigenvalue weighted by molar-refractivity contribution is 0.0535. The molecule has 0 saturated heterocycles. The lowest BCUT2D eigenvalue weighted by Crippen LogP contribution is -2.01. The molecular formula is C14H16O2. The molecule has 0 fully saturated rings. The number of fused-ring (bicyclic) bond motifs is 1. The van der Waals surface area contributed by atoms with E-state index in [4.69, 9.17) is 4.74 Å². The van der Waals surface area contributed by atoms with Gasteiger partial charge in [0, 0.05) is 5.56 Å². The van der Waals surface area contributed by atoms with Crippen molar-refractivity contribution in [1.29, 1.82) is 0 Å². The van der Waals surface area contributed by atoms with E-state index >= 15 is 0 Å². The molecule has 2 heteroatoms. The summed E-state index contributed by atoms with van der Waals surface area (Å²) in [5.74, 6) is -0.183. The first-order valence-corrected chi connectivity index (χ1v) is 5.69. The molecule has 0 aromatic heterocycles. The van der Waals surface area contributed by atoms with E-state index in [1.807, 2.05) is 18.2 Å². The molecule has 0 bridgehead atoms. The van der Waals surface area contributed by atoms with Crippen molar-refractivity contribution >= 4 is 5.97 Å². The molecule has 1 aromatic rings. The molecule has 1 heterocycles. The van der Waals surface area contributed by atoms with Gasteiger partial charge in [-0.3, -0.25) is 0 Å². The third kappa shape index (κ3) is 1.75.